The summed E-state index contributed by atoms with van der Waals surface area (Å²) in [5.41, 5.74) is 5.77. The molecule has 0 spiro atoms. The zero-order chi connectivity index (χ0) is 38.1. The van der Waals surface area contributed by atoms with Gasteiger partial charge in [0.2, 0.25) is 0 Å². The van der Waals surface area contributed by atoms with Crippen LogP contribution in [-0.2, 0) is 6.18 Å². The lowest BCUT2D eigenvalue weighted by Crippen LogP contribution is -2.16. The number of aromatic nitrogens is 5. The van der Waals surface area contributed by atoms with Gasteiger partial charge in [-0.2, -0.15) is 13.2 Å². The van der Waals surface area contributed by atoms with E-state index in [0.717, 1.165) is 43.8 Å². The van der Waals surface area contributed by atoms with Gasteiger partial charge in [-0.05, 0) is 62.4 Å². The Hall–Kier alpha value is -7.06. The van der Waals surface area contributed by atoms with Crippen molar-refractivity contribution in [1.29, 1.82) is 0 Å². The van der Waals surface area contributed by atoms with E-state index in [0.29, 0.717) is 39.3 Å². The molecule has 0 aliphatic carbocycles. The summed E-state index contributed by atoms with van der Waals surface area (Å²) in [6, 6.07) is 49.3. The van der Waals surface area contributed by atoms with Gasteiger partial charge in [0.05, 0.1) is 33.4 Å². The SMILES string of the molecule is Cc1ccc2c(c1)c1ccccc1n2-c1cc(-c2nc(-c3ccccc3)nc(-c3ccccc3)n2)cc(-n2c3ccccc3c3cc(C)ccc32)c1C(F)(F)F. The number of benzene rings is 7. The number of para-hydroxylation sites is 2. The Bertz CT molecular complexity index is 2940. The van der Waals surface area contributed by atoms with Crippen LogP contribution < -0.4 is 0 Å². The molecule has 0 saturated carbocycles. The van der Waals surface area contributed by atoms with Crippen LogP contribution in [0.3, 0.4) is 0 Å². The highest BCUT2D eigenvalue weighted by Gasteiger charge is 2.40. The molecule has 10 aromatic rings. The van der Waals surface area contributed by atoms with Gasteiger partial charge in [-0.1, -0.05) is 120 Å². The van der Waals surface area contributed by atoms with Crippen LogP contribution in [0.2, 0.25) is 0 Å². The molecular weight excluding hydrogens is 704 g/mol. The summed E-state index contributed by atoms with van der Waals surface area (Å²) in [5.74, 6) is 1.08. The minimum absolute atomic E-state index is 0.0268. The molecule has 0 unspecified atom stereocenters. The van der Waals surface area contributed by atoms with Crippen molar-refractivity contribution in [2.24, 2.45) is 0 Å². The summed E-state index contributed by atoms with van der Waals surface area (Å²) < 4.78 is 52.3. The van der Waals surface area contributed by atoms with Crippen LogP contribution in [0.1, 0.15) is 16.7 Å². The zero-order valence-electron chi connectivity index (χ0n) is 30.4. The van der Waals surface area contributed by atoms with Gasteiger partial charge in [0.1, 0.15) is 5.56 Å². The number of hydrogen-bond acceptors (Lipinski definition) is 3. The third-order valence-corrected chi connectivity index (χ3v) is 10.5. The van der Waals surface area contributed by atoms with E-state index in [-0.39, 0.29) is 17.2 Å². The molecule has 0 aliphatic heterocycles. The van der Waals surface area contributed by atoms with Gasteiger partial charge in [0.25, 0.3) is 0 Å². The quantitative estimate of drug-likeness (QED) is 0.177. The molecule has 8 heteroatoms. The molecule has 7 aromatic carbocycles. The van der Waals surface area contributed by atoms with E-state index in [4.69, 9.17) is 15.0 Å². The number of halogens is 3. The molecule has 10 rings (SSSR count). The normalized spacial score (nSPS) is 12.0. The van der Waals surface area contributed by atoms with Crippen molar-refractivity contribution < 1.29 is 13.2 Å². The van der Waals surface area contributed by atoms with Crippen LogP contribution in [0, 0.1) is 13.8 Å². The molecule has 56 heavy (non-hydrogen) atoms. The predicted molar refractivity (Wildman–Crippen MR) is 219 cm³/mol. The maximum absolute atomic E-state index is 16.3. The molecule has 0 N–H and O–H groups in total. The van der Waals surface area contributed by atoms with Crippen molar-refractivity contribution in [3.8, 4) is 45.5 Å². The molecular formula is C48H32F3N5. The number of fused-ring (bicyclic) bond motifs is 6. The van der Waals surface area contributed by atoms with Gasteiger partial charge < -0.3 is 9.13 Å². The van der Waals surface area contributed by atoms with Crippen molar-refractivity contribution in [2.45, 2.75) is 20.0 Å². The van der Waals surface area contributed by atoms with Crippen LogP contribution in [0.15, 0.2) is 158 Å². The smallest absolute Gasteiger partial charge is 0.309 e. The van der Waals surface area contributed by atoms with Crippen molar-refractivity contribution >= 4 is 43.6 Å². The van der Waals surface area contributed by atoms with Crippen molar-refractivity contribution in [3.63, 3.8) is 0 Å². The van der Waals surface area contributed by atoms with Crippen LogP contribution in [0.4, 0.5) is 13.2 Å². The van der Waals surface area contributed by atoms with Crippen molar-refractivity contribution in [3.05, 3.63) is 174 Å². The second-order valence-electron chi connectivity index (χ2n) is 14.2. The number of aryl methyl sites for hydroxylation is 2. The highest BCUT2D eigenvalue weighted by atomic mass is 19.4. The van der Waals surface area contributed by atoms with Crippen molar-refractivity contribution in [2.75, 3.05) is 0 Å². The van der Waals surface area contributed by atoms with E-state index in [1.54, 1.807) is 21.3 Å². The Balaban J connectivity index is 1.39. The first kappa shape index (κ1) is 33.5. The number of hydrogen-bond donors (Lipinski definition) is 0. The highest BCUT2D eigenvalue weighted by molar-refractivity contribution is 6.11. The molecule has 0 saturated heterocycles. The summed E-state index contributed by atoms with van der Waals surface area (Å²) in [5, 5.41) is 3.45. The van der Waals surface area contributed by atoms with Gasteiger partial charge in [-0.25, -0.2) is 15.0 Å². The fourth-order valence-electron chi connectivity index (χ4n) is 8.01. The van der Waals surface area contributed by atoms with Gasteiger partial charge >= 0.3 is 6.18 Å². The van der Waals surface area contributed by atoms with E-state index in [1.165, 1.54) is 0 Å². The molecule has 5 nitrogen and oxygen atoms in total. The van der Waals surface area contributed by atoms with Gasteiger partial charge in [-0.3, -0.25) is 0 Å². The molecule has 0 radical (unpaired) electrons. The summed E-state index contributed by atoms with van der Waals surface area (Å²) in [6.07, 6.45) is -4.78. The fourth-order valence-corrected chi connectivity index (χ4v) is 8.01. The lowest BCUT2D eigenvalue weighted by molar-refractivity contribution is -0.137. The average molecular weight is 736 g/mol. The van der Waals surface area contributed by atoms with Crippen LogP contribution in [0.25, 0.3) is 89.2 Å². The van der Waals surface area contributed by atoms with E-state index >= 15 is 13.2 Å². The molecule has 0 bridgehead atoms. The maximum atomic E-state index is 16.3. The minimum Gasteiger partial charge on any atom is -0.309 e. The van der Waals surface area contributed by atoms with E-state index in [1.807, 2.05) is 159 Å². The lowest BCUT2D eigenvalue weighted by atomic mass is 10.0. The molecule has 0 amide bonds. The van der Waals surface area contributed by atoms with Crippen LogP contribution in [0.5, 0.6) is 0 Å². The summed E-state index contributed by atoms with van der Waals surface area (Å²) >= 11 is 0. The molecule has 0 aliphatic rings. The largest absolute Gasteiger partial charge is 0.420 e. The first-order valence-corrected chi connectivity index (χ1v) is 18.4. The highest BCUT2D eigenvalue weighted by Crippen LogP contribution is 2.46. The van der Waals surface area contributed by atoms with Gasteiger partial charge in [0, 0.05) is 38.2 Å². The molecule has 3 aromatic heterocycles. The number of nitrogens with zero attached hydrogens (tertiary/aromatic N) is 5. The zero-order valence-corrected chi connectivity index (χ0v) is 30.4. The first-order chi connectivity index (χ1) is 27.2. The molecule has 3 heterocycles. The Morgan fingerprint density at radius 1 is 0.393 bits per heavy atom. The third-order valence-electron chi connectivity index (χ3n) is 10.5. The van der Waals surface area contributed by atoms with E-state index in [2.05, 4.69) is 0 Å². The second-order valence-corrected chi connectivity index (χ2v) is 14.2. The van der Waals surface area contributed by atoms with E-state index in [9.17, 15) is 0 Å². The summed E-state index contributed by atoms with van der Waals surface area (Å²) in [7, 11) is 0. The van der Waals surface area contributed by atoms with Gasteiger partial charge in [0.15, 0.2) is 17.5 Å². The monoisotopic (exact) mass is 735 g/mol. The Morgan fingerprint density at radius 2 is 0.768 bits per heavy atom. The van der Waals surface area contributed by atoms with Crippen LogP contribution in [-0.4, -0.2) is 24.1 Å². The van der Waals surface area contributed by atoms with Crippen molar-refractivity contribution in [1.82, 2.24) is 24.1 Å². The topological polar surface area (TPSA) is 48.5 Å². The lowest BCUT2D eigenvalue weighted by Gasteiger charge is -2.23. The van der Waals surface area contributed by atoms with Crippen LogP contribution >= 0.6 is 0 Å². The predicted octanol–water partition coefficient (Wildman–Crippen LogP) is 12.7. The average Bonchev–Trinajstić information content (AvgIpc) is 3.72. The van der Waals surface area contributed by atoms with E-state index < -0.39 is 11.7 Å². The minimum atomic E-state index is -4.78. The number of alkyl halides is 3. The Labute approximate surface area is 320 Å². The molecule has 0 fully saturated rings. The summed E-state index contributed by atoms with van der Waals surface area (Å²) in [4.78, 5) is 14.8. The first-order valence-electron chi connectivity index (χ1n) is 18.4. The van der Waals surface area contributed by atoms with Gasteiger partial charge in [-0.15, -0.1) is 0 Å². The summed E-state index contributed by atoms with van der Waals surface area (Å²) in [6.45, 7) is 3.98. The maximum Gasteiger partial charge on any atom is 0.420 e. The molecule has 0 atom stereocenters. The Morgan fingerprint density at radius 3 is 1.20 bits per heavy atom. The molecule has 270 valence electrons. The third kappa shape index (κ3) is 5.44. The second kappa shape index (κ2) is 12.8. The standard InChI is InChI=1S/C48H32F3N5/c1-29-21-23-40-36(25-29)34-17-9-11-19-38(34)55(40)42-27-33(47-53-45(31-13-5-3-6-14-31)52-46(54-47)32-15-7-4-8-16-32)28-43(44(42)48(49,50)51)56-39-20-12-10-18-35(39)37-26-30(2)22-24-41(37)56/h3-28H,1-2H3. The Kier molecular flexibility index (Phi) is 7.64. The number of rotatable bonds is 5. The fraction of sp³-hybridized carbons (Fsp3) is 0.0625.